The van der Waals surface area contributed by atoms with E-state index in [-0.39, 0.29) is 11.7 Å². The van der Waals surface area contributed by atoms with Crippen LogP contribution in [0.4, 0.5) is 18.9 Å². The van der Waals surface area contributed by atoms with E-state index in [0.717, 1.165) is 23.3 Å². The van der Waals surface area contributed by atoms with Crippen molar-refractivity contribution in [2.45, 2.75) is 18.1 Å². The second-order valence-corrected chi connectivity index (χ2v) is 7.74. The summed E-state index contributed by atoms with van der Waals surface area (Å²) in [7, 11) is 0. The van der Waals surface area contributed by atoms with E-state index in [0.29, 0.717) is 22.2 Å². The summed E-state index contributed by atoms with van der Waals surface area (Å²) in [4.78, 5) is 12.2. The van der Waals surface area contributed by atoms with Crippen molar-refractivity contribution in [3.8, 4) is 11.4 Å². The first kappa shape index (κ1) is 20.9. The maximum Gasteiger partial charge on any atom is 0.416 e. The molecule has 0 fully saturated rings. The molecule has 0 atom stereocenters. The van der Waals surface area contributed by atoms with Gasteiger partial charge in [-0.15, -0.1) is 10.2 Å². The summed E-state index contributed by atoms with van der Waals surface area (Å²) in [5, 5.41) is 16.0. The molecule has 0 bridgehead atoms. The molecule has 6 nitrogen and oxygen atoms in total. The molecular formula is C21H16F3N5OS. The molecule has 10 heteroatoms. The molecule has 0 radical (unpaired) electrons. The molecule has 31 heavy (non-hydrogen) atoms. The average Bonchev–Trinajstić information content (AvgIpc) is 3.16. The minimum absolute atomic E-state index is 0.0432. The summed E-state index contributed by atoms with van der Waals surface area (Å²) in [5.74, 6) is 0.280. The van der Waals surface area contributed by atoms with Gasteiger partial charge in [-0.3, -0.25) is 4.79 Å². The maximum absolute atomic E-state index is 12.6. The highest BCUT2D eigenvalue weighted by Crippen LogP contribution is 2.30. The Bertz CT molecular complexity index is 1220. The van der Waals surface area contributed by atoms with Gasteiger partial charge in [0.2, 0.25) is 5.91 Å². The lowest BCUT2D eigenvalue weighted by atomic mass is 10.1. The van der Waals surface area contributed by atoms with Gasteiger partial charge in [0.05, 0.1) is 11.3 Å². The van der Waals surface area contributed by atoms with Crippen LogP contribution in [0.5, 0.6) is 0 Å². The average molecular weight is 443 g/mol. The van der Waals surface area contributed by atoms with Crippen LogP contribution >= 0.6 is 11.8 Å². The minimum Gasteiger partial charge on any atom is -0.325 e. The van der Waals surface area contributed by atoms with Crippen LogP contribution in [0.25, 0.3) is 17.0 Å². The molecular weight excluding hydrogens is 427 g/mol. The Hall–Kier alpha value is -3.40. The Labute approximate surface area is 179 Å². The van der Waals surface area contributed by atoms with Crippen molar-refractivity contribution >= 4 is 29.0 Å². The number of benzene rings is 2. The van der Waals surface area contributed by atoms with Gasteiger partial charge >= 0.3 is 6.18 Å². The van der Waals surface area contributed by atoms with E-state index in [4.69, 9.17) is 0 Å². The largest absolute Gasteiger partial charge is 0.416 e. The first-order valence-electron chi connectivity index (χ1n) is 9.19. The predicted molar refractivity (Wildman–Crippen MR) is 112 cm³/mol. The zero-order valence-electron chi connectivity index (χ0n) is 16.2. The number of carbonyl (C=O) groups is 1. The van der Waals surface area contributed by atoms with Gasteiger partial charge in [0.1, 0.15) is 5.03 Å². The molecule has 0 aliphatic heterocycles. The van der Waals surface area contributed by atoms with Crippen LogP contribution in [0.3, 0.4) is 0 Å². The first-order chi connectivity index (χ1) is 14.8. The quantitative estimate of drug-likeness (QED) is 0.447. The number of amides is 1. The Morgan fingerprint density at radius 2 is 1.71 bits per heavy atom. The second-order valence-electron chi connectivity index (χ2n) is 6.74. The number of thioether (sulfide) groups is 1. The monoisotopic (exact) mass is 443 g/mol. The van der Waals surface area contributed by atoms with Crippen molar-refractivity contribution in [3.05, 3.63) is 71.8 Å². The molecule has 1 N–H and O–H groups in total. The molecule has 0 spiro atoms. The molecule has 1 amide bonds. The molecule has 0 aliphatic carbocycles. The van der Waals surface area contributed by atoms with Crippen LogP contribution in [-0.4, -0.2) is 31.5 Å². The van der Waals surface area contributed by atoms with E-state index in [1.807, 2.05) is 31.2 Å². The standard InChI is InChI=1S/C21H16F3N5OS/c1-13-2-4-14(5-3-13)20-27-26-17-10-11-19(28-29(17)20)31-12-18(30)25-16-8-6-15(7-9-16)21(22,23)24/h2-11H,12H2,1H3,(H,25,30). The van der Waals surface area contributed by atoms with E-state index in [1.165, 1.54) is 23.9 Å². The second kappa shape index (κ2) is 8.38. The van der Waals surface area contributed by atoms with E-state index in [1.54, 1.807) is 16.6 Å². The van der Waals surface area contributed by atoms with Crippen molar-refractivity contribution < 1.29 is 18.0 Å². The lowest BCUT2D eigenvalue weighted by Gasteiger charge is -2.08. The fourth-order valence-corrected chi connectivity index (χ4v) is 3.47. The van der Waals surface area contributed by atoms with Crippen molar-refractivity contribution in [2.75, 3.05) is 11.1 Å². The van der Waals surface area contributed by atoms with E-state index >= 15 is 0 Å². The molecule has 0 saturated carbocycles. The maximum atomic E-state index is 12.6. The van der Waals surface area contributed by atoms with Crippen molar-refractivity contribution in [1.82, 2.24) is 19.8 Å². The molecule has 4 rings (SSSR count). The number of halogens is 3. The number of carbonyl (C=O) groups excluding carboxylic acids is 1. The van der Waals surface area contributed by atoms with E-state index < -0.39 is 11.7 Å². The summed E-state index contributed by atoms with van der Waals surface area (Å²) >= 11 is 1.20. The number of rotatable bonds is 5. The summed E-state index contributed by atoms with van der Waals surface area (Å²) in [6.45, 7) is 1.99. The number of anilines is 1. The van der Waals surface area contributed by atoms with E-state index in [2.05, 4.69) is 20.6 Å². The highest BCUT2D eigenvalue weighted by atomic mass is 32.2. The number of hydrogen-bond donors (Lipinski definition) is 1. The molecule has 0 saturated heterocycles. The molecule has 158 valence electrons. The molecule has 0 aliphatic rings. The van der Waals surface area contributed by atoms with Crippen molar-refractivity contribution in [1.29, 1.82) is 0 Å². The topological polar surface area (TPSA) is 72.2 Å². The van der Waals surface area contributed by atoms with Crippen LogP contribution in [-0.2, 0) is 11.0 Å². The molecule has 0 unspecified atom stereocenters. The highest BCUT2D eigenvalue weighted by Gasteiger charge is 2.30. The zero-order valence-corrected chi connectivity index (χ0v) is 17.0. The van der Waals surface area contributed by atoms with Crippen LogP contribution in [0.1, 0.15) is 11.1 Å². The third-order valence-electron chi connectivity index (χ3n) is 4.40. The van der Waals surface area contributed by atoms with E-state index in [9.17, 15) is 18.0 Å². The molecule has 4 aromatic rings. The predicted octanol–water partition coefficient (Wildman–Crippen LogP) is 4.85. The number of aromatic nitrogens is 4. The summed E-state index contributed by atoms with van der Waals surface area (Å²) in [5.41, 5.74) is 2.10. The Kier molecular flexibility index (Phi) is 5.64. The van der Waals surface area contributed by atoms with Crippen LogP contribution in [0.15, 0.2) is 65.7 Å². The number of nitrogens with zero attached hydrogens (tertiary/aromatic N) is 4. The van der Waals surface area contributed by atoms with Gasteiger partial charge in [-0.25, -0.2) is 0 Å². The van der Waals surface area contributed by atoms with Gasteiger partial charge in [-0.1, -0.05) is 41.6 Å². The van der Waals surface area contributed by atoms with Crippen LogP contribution < -0.4 is 5.32 Å². The fraction of sp³-hybridized carbons (Fsp3) is 0.143. The third kappa shape index (κ3) is 4.85. The summed E-state index contributed by atoms with van der Waals surface area (Å²) in [6, 6.07) is 15.6. The minimum atomic E-state index is -4.41. The van der Waals surface area contributed by atoms with Gasteiger partial charge in [0, 0.05) is 11.3 Å². The number of aryl methyl sites for hydroxylation is 1. The van der Waals surface area contributed by atoms with Crippen molar-refractivity contribution in [3.63, 3.8) is 0 Å². The van der Waals surface area contributed by atoms with Gasteiger partial charge < -0.3 is 5.32 Å². The van der Waals surface area contributed by atoms with Crippen molar-refractivity contribution in [2.24, 2.45) is 0 Å². The van der Waals surface area contributed by atoms with Gasteiger partial charge in [0.25, 0.3) is 0 Å². The first-order valence-corrected chi connectivity index (χ1v) is 10.2. The number of hydrogen-bond acceptors (Lipinski definition) is 5. The number of alkyl halides is 3. The Balaban J connectivity index is 1.43. The lowest BCUT2D eigenvalue weighted by Crippen LogP contribution is -2.14. The van der Waals surface area contributed by atoms with Gasteiger partial charge in [-0.2, -0.15) is 22.8 Å². The van der Waals surface area contributed by atoms with Crippen LogP contribution in [0.2, 0.25) is 0 Å². The smallest absolute Gasteiger partial charge is 0.325 e. The number of fused-ring (bicyclic) bond motifs is 1. The summed E-state index contributed by atoms with van der Waals surface area (Å²) < 4.78 is 39.5. The Morgan fingerprint density at radius 3 is 2.39 bits per heavy atom. The third-order valence-corrected chi connectivity index (χ3v) is 5.32. The van der Waals surface area contributed by atoms with Crippen LogP contribution in [0, 0.1) is 6.92 Å². The fourth-order valence-electron chi connectivity index (χ4n) is 2.81. The molecule has 2 heterocycles. The van der Waals surface area contributed by atoms with Gasteiger partial charge in [-0.05, 0) is 43.3 Å². The normalized spacial score (nSPS) is 11.6. The lowest BCUT2D eigenvalue weighted by molar-refractivity contribution is -0.137. The van der Waals surface area contributed by atoms with Gasteiger partial charge in [0.15, 0.2) is 11.5 Å². The Morgan fingerprint density at radius 1 is 1.00 bits per heavy atom. The zero-order chi connectivity index (χ0) is 22.0. The molecule has 2 aromatic carbocycles. The SMILES string of the molecule is Cc1ccc(-c2nnc3ccc(SCC(=O)Nc4ccc(C(F)(F)F)cc4)nn23)cc1. The summed E-state index contributed by atoms with van der Waals surface area (Å²) in [6.07, 6.45) is -4.41. The highest BCUT2D eigenvalue weighted by molar-refractivity contribution is 7.99. The molecule has 2 aromatic heterocycles. The number of nitrogens with one attached hydrogen (secondary N) is 1.